The molecule has 0 aliphatic carbocycles. The highest BCUT2D eigenvalue weighted by Gasteiger charge is 2.36. The number of carbonyl (C=O) groups is 2. The minimum absolute atomic E-state index is 0.00710. The Morgan fingerprint density at radius 1 is 1.00 bits per heavy atom. The van der Waals surface area contributed by atoms with Gasteiger partial charge in [-0.15, -0.1) is 0 Å². The molecule has 26 heavy (non-hydrogen) atoms. The minimum Gasteiger partial charge on any atom is -0.494 e. The second-order valence-electron chi connectivity index (χ2n) is 5.63. The fraction of sp³-hybridized carbons (Fsp3) is 0.158. The Labute approximate surface area is 148 Å². The number of likely N-dealkylation sites (N-methyl/N-ethyl adjacent to an activating group) is 1. The molecule has 0 radical (unpaired) electrons. The van der Waals surface area contributed by atoms with Crippen molar-refractivity contribution in [3.63, 3.8) is 0 Å². The lowest BCUT2D eigenvalue weighted by atomic mass is 10.0. The van der Waals surface area contributed by atoms with Gasteiger partial charge in [0.05, 0.1) is 12.2 Å². The van der Waals surface area contributed by atoms with E-state index in [1.807, 2.05) is 6.92 Å². The number of benzene rings is 2. The summed E-state index contributed by atoms with van der Waals surface area (Å²) in [6.45, 7) is 2.36. The molecule has 2 aromatic rings. The molecule has 0 unspecified atom stereocenters. The van der Waals surface area contributed by atoms with E-state index in [0.717, 1.165) is 17.0 Å². The first-order valence-corrected chi connectivity index (χ1v) is 7.94. The quantitative estimate of drug-likeness (QED) is 0.834. The number of ether oxygens (including phenoxy) is 1. The van der Waals surface area contributed by atoms with E-state index in [4.69, 9.17) is 4.74 Å². The smallest absolute Gasteiger partial charge is 0.277 e. The van der Waals surface area contributed by atoms with E-state index in [9.17, 15) is 18.4 Å². The zero-order chi connectivity index (χ0) is 18.8. The van der Waals surface area contributed by atoms with Crippen LogP contribution in [0.5, 0.6) is 5.75 Å². The van der Waals surface area contributed by atoms with Crippen LogP contribution < -0.4 is 10.1 Å². The van der Waals surface area contributed by atoms with Gasteiger partial charge >= 0.3 is 0 Å². The van der Waals surface area contributed by atoms with Gasteiger partial charge in [-0.05, 0) is 36.8 Å². The van der Waals surface area contributed by atoms with Crippen LogP contribution in [0.25, 0.3) is 5.57 Å². The van der Waals surface area contributed by atoms with Crippen molar-refractivity contribution >= 4 is 23.1 Å². The Morgan fingerprint density at radius 2 is 1.69 bits per heavy atom. The van der Waals surface area contributed by atoms with Crippen molar-refractivity contribution in [2.45, 2.75) is 6.92 Å². The van der Waals surface area contributed by atoms with Crippen LogP contribution in [0.3, 0.4) is 0 Å². The van der Waals surface area contributed by atoms with Crippen molar-refractivity contribution in [1.82, 2.24) is 4.90 Å². The fourth-order valence-corrected chi connectivity index (χ4v) is 2.63. The first-order chi connectivity index (χ1) is 12.4. The van der Waals surface area contributed by atoms with Gasteiger partial charge in [0.15, 0.2) is 11.6 Å². The van der Waals surface area contributed by atoms with Crippen LogP contribution in [0.15, 0.2) is 48.2 Å². The van der Waals surface area contributed by atoms with E-state index < -0.39 is 23.4 Å². The average Bonchev–Trinajstić information content (AvgIpc) is 2.83. The van der Waals surface area contributed by atoms with Gasteiger partial charge in [0.2, 0.25) is 0 Å². The van der Waals surface area contributed by atoms with Gasteiger partial charge in [0.25, 0.3) is 11.8 Å². The molecule has 1 heterocycles. The number of imide groups is 1. The largest absolute Gasteiger partial charge is 0.494 e. The number of nitrogens with one attached hydrogen (secondary N) is 1. The minimum atomic E-state index is -1.05. The van der Waals surface area contributed by atoms with Crippen LogP contribution in [0.4, 0.5) is 14.5 Å². The Balaban J connectivity index is 2.02. The molecule has 0 bridgehead atoms. The maximum absolute atomic E-state index is 13.4. The van der Waals surface area contributed by atoms with Gasteiger partial charge in [-0.25, -0.2) is 8.78 Å². The molecule has 1 aliphatic rings. The number of nitrogens with zero attached hydrogens (tertiary/aromatic N) is 1. The summed E-state index contributed by atoms with van der Waals surface area (Å²) in [5, 5.41) is 2.74. The summed E-state index contributed by atoms with van der Waals surface area (Å²) in [5.74, 6) is -2.45. The maximum Gasteiger partial charge on any atom is 0.277 e. The molecule has 0 spiro atoms. The maximum atomic E-state index is 13.4. The van der Waals surface area contributed by atoms with Gasteiger partial charge in [-0.2, -0.15) is 0 Å². The number of halogens is 2. The van der Waals surface area contributed by atoms with Gasteiger partial charge in [0, 0.05) is 18.8 Å². The van der Waals surface area contributed by atoms with E-state index in [-0.39, 0.29) is 17.0 Å². The van der Waals surface area contributed by atoms with Crippen molar-refractivity contribution in [2.75, 3.05) is 19.0 Å². The molecule has 0 saturated carbocycles. The van der Waals surface area contributed by atoms with Gasteiger partial charge in [-0.1, -0.05) is 12.1 Å². The molecule has 7 heteroatoms. The normalized spacial score (nSPS) is 14.2. The van der Waals surface area contributed by atoms with Crippen LogP contribution in [-0.2, 0) is 9.59 Å². The summed E-state index contributed by atoms with van der Waals surface area (Å²) < 4.78 is 31.9. The zero-order valence-electron chi connectivity index (χ0n) is 14.2. The lowest BCUT2D eigenvalue weighted by Gasteiger charge is -2.09. The van der Waals surface area contributed by atoms with E-state index >= 15 is 0 Å². The Hall–Kier alpha value is -3.22. The molecular formula is C19H16F2N2O3. The third-order valence-corrected chi connectivity index (χ3v) is 3.93. The summed E-state index contributed by atoms with van der Waals surface area (Å²) in [6, 6.07) is 9.87. The number of hydrogen-bond donors (Lipinski definition) is 1. The predicted molar refractivity (Wildman–Crippen MR) is 92.3 cm³/mol. The molecule has 0 aromatic heterocycles. The molecule has 134 valence electrons. The lowest BCUT2D eigenvalue weighted by Crippen LogP contribution is -2.27. The second kappa shape index (κ2) is 6.95. The van der Waals surface area contributed by atoms with Crippen LogP contribution >= 0.6 is 0 Å². The van der Waals surface area contributed by atoms with Crippen molar-refractivity contribution < 1.29 is 23.1 Å². The summed E-state index contributed by atoms with van der Waals surface area (Å²) >= 11 is 0. The molecular weight excluding hydrogens is 342 g/mol. The van der Waals surface area contributed by atoms with Crippen LogP contribution in [0.1, 0.15) is 12.5 Å². The van der Waals surface area contributed by atoms with Crippen molar-refractivity contribution in [3.05, 3.63) is 65.4 Å². The van der Waals surface area contributed by atoms with Gasteiger partial charge < -0.3 is 10.1 Å². The summed E-state index contributed by atoms with van der Waals surface area (Å²) in [7, 11) is 1.36. The summed E-state index contributed by atoms with van der Waals surface area (Å²) in [5.41, 5.74) is 0.845. The van der Waals surface area contributed by atoms with Gasteiger partial charge in [0.1, 0.15) is 11.4 Å². The molecule has 1 N–H and O–H groups in total. The average molecular weight is 358 g/mol. The van der Waals surface area contributed by atoms with E-state index in [0.29, 0.717) is 17.9 Å². The molecule has 0 atom stereocenters. The topological polar surface area (TPSA) is 58.6 Å². The van der Waals surface area contributed by atoms with Gasteiger partial charge in [-0.3, -0.25) is 14.5 Å². The first-order valence-electron chi connectivity index (χ1n) is 7.94. The highest BCUT2D eigenvalue weighted by molar-refractivity contribution is 6.36. The monoisotopic (exact) mass is 358 g/mol. The number of carbonyl (C=O) groups excluding carboxylic acids is 2. The summed E-state index contributed by atoms with van der Waals surface area (Å²) in [6.07, 6.45) is 0. The highest BCUT2D eigenvalue weighted by atomic mass is 19.2. The predicted octanol–water partition coefficient (Wildman–Crippen LogP) is 3.19. The van der Waals surface area contributed by atoms with E-state index in [2.05, 4.69) is 5.32 Å². The molecule has 2 aromatic carbocycles. The molecule has 2 amide bonds. The Bertz CT molecular complexity index is 908. The van der Waals surface area contributed by atoms with Crippen LogP contribution in [0, 0.1) is 11.6 Å². The molecule has 5 nitrogen and oxygen atoms in total. The van der Waals surface area contributed by atoms with E-state index in [1.165, 1.54) is 13.1 Å². The van der Waals surface area contributed by atoms with Crippen molar-refractivity contribution in [3.8, 4) is 5.75 Å². The molecule has 3 rings (SSSR count). The first kappa shape index (κ1) is 17.6. The Kier molecular flexibility index (Phi) is 4.71. The second-order valence-corrected chi connectivity index (χ2v) is 5.63. The summed E-state index contributed by atoms with van der Waals surface area (Å²) in [4.78, 5) is 25.9. The fourth-order valence-electron chi connectivity index (χ4n) is 2.63. The molecule has 0 saturated heterocycles. The highest BCUT2D eigenvalue weighted by Crippen LogP contribution is 2.30. The standard InChI is InChI=1S/C19H16F2N2O3/c1-3-26-13-7-4-11(5-8-13)16-17(19(25)23(2)18(16)24)22-12-6-9-14(20)15(21)10-12/h4-10,22H,3H2,1-2H3. The molecule has 1 aliphatic heterocycles. The number of anilines is 1. The Morgan fingerprint density at radius 3 is 2.31 bits per heavy atom. The third kappa shape index (κ3) is 3.15. The number of rotatable bonds is 5. The van der Waals surface area contributed by atoms with E-state index in [1.54, 1.807) is 24.3 Å². The van der Waals surface area contributed by atoms with Crippen LogP contribution in [0.2, 0.25) is 0 Å². The SMILES string of the molecule is CCOc1ccc(C2=C(Nc3ccc(F)c(F)c3)C(=O)N(C)C2=O)cc1. The number of hydrogen-bond acceptors (Lipinski definition) is 4. The lowest BCUT2D eigenvalue weighted by molar-refractivity contribution is -0.135. The zero-order valence-corrected chi connectivity index (χ0v) is 14.2. The van der Waals surface area contributed by atoms with Crippen molar-refractivity contribution in [1.29, 1.82) is 0 Å². The molecule has 0 fully saturated rings. The van der Waals surface area contributed by atoms with Crippen LogP contribution in [-0.4, -0.2) is 30.4 Å². The number of amides is 2. The third-order valence-electron chi connectivity index (χ3n) is 3.93. The van der Waals surface area contributed by atoms with Crippen molar-refractivity contribution in [2.24, 2.45) is 0 Å².